The lowest BCUT2D eigenvalue weighted by Crippen LogP contribution is -2.01. The van der Waals surface area contributed by atoms with Crippen molar-refractivity contribution in [1.29, 1.82) is 0 Å². The van der Waals surface area contributed by atoms with E-state index in [0.717, 1.165) is 0 Å². The third-order valence-corrected chi connectivity index (χ3v) is 6.96. The third kappa shape index (κ3) is 2.09. The molecular formula is C30H19N3. The summed E-state index contributed by atoms with van der Waals surface area (Å²) in [6.45, 7) is 0. The molecule has 4 aromatic carbocycles. The Bertz CT molecular complexity index is 1990. The number of nitrogens with zero attached hydrogens (tertiary/aromatic N) is 3. The van der Waals surface area contributed by atoms with Gasteiger partial charge in [0.25, 0.3) is 0 Å². The van der Waals surface area contributed by atoms with Gasteiger partial charge >= 0.3 is 0 Å². The van der Waals surface area contributed by atoms with Gasteiger partial charge in [-0.3, -0.25) is 13.4 Å². The molecule has 8 aromatic rings. The molecule has 0 aliphatic rings. The Morgan fingerprint density at radius 3 is 1.85 bits per heavy atom. The van der Waals surface area contributed by atoms with Gasteiger partial charge in [-0.2, -0.15) is 0 Å². The van der Waals surface area contributed by atoms with Crippen molar-refractivity contribution in [2.24, 2.45) is 0 Å². The molecule has 0 amide bonds. The lowest BCUT2D eigenvalue weighted by Gasteiger charge is -2.12. The molecule has 0 aliphatic carbocycles. The third-order valence-electron chi connectivity index (χ3n) is 6.96. The summed E-state index contributed by atoms with van der Waals surface area (Å²) in [6.07, 6.45) is 0. The maximum atomic E-state index is 2.44. The summed E-state index contributed by atoms with van der Waals surface area (Å²) in [5, 5.41) is 5.05. The van der Waals surface area contributed by atoms with Crippen LogP contribution in [0.25, 0.3) is 60.6 Å². The van der Waals surface area contributed by atoms with Crippen LogP contribution in [0, 0.1) is 0 Å². The van der Waals surface area contributed by atoms with E-state index in [9.17, 15) is 0 Å². The van der Waals surface area contributed by atoms with E-state index in [-0.39, 0.29) is 0 Å². The second kappa shape index (κ2) is 6.05. The number of fused-ring (bicyclic) bond motifs is 12. The molecule has 0 bridgehead atoms. The summed E-state index contributed by atoms with van der Waals surface area (Å²) in [5.74, 6) is 0. The number of hydrogen-bond acceptors (Lipinski definition) is 0. The standard InChI is InChI=1S/C30H19N3/c1-2-12-22(13-3-1)31-26-17-9-6-14-23(26)29-27-18-20-10-4-7-15-24(20)32(27)28-19-21-11-5-8-16-25(21)33(28)30(29)31/h1-19H. The van der Waals surface area contributed by atoms with E-state index in [0.29, 0.717) is 0 Å². The molecule has 0 saturated carbocycles. The predicted octanol–water partition coefficient (Wildman–Crippen LogP) is 7.60. The van der Waals surface area contributed by atoms with Gasteiger partial charge in [-0.15, -0.1) is 0 Å². The second-order valence-electron chi connectivity index (χ2n) is 8.71. The molecule has 4 heterocycles. The fraction of sp³-hybridized carbons (Fsp3) is 0. The van der Waals surface area contributed by atoms with Gasteiger partial charge in [-0.25, -0.2) is 0 Å². The van der Waals surface area contributed by atoms with E-state index < -0.39 is 0 Å². The molecule has 0 aliphatic heterocycles. The van der Waals surface area contributed by atoms with Crippen LogP contribution in [0.15, 0.2) is 115 Å². The van der Waals surface area contributed by atoms with Crippen LogP contribution in [0.3, 0.4) is 0 Å². The summed E-state index contributed by atoms with van der Waals surface area (Å²) < 4.78 is 7.29. The predicted molar refractivity (Wildman–Crippen MR) is 138 cm³/mol. The number of aromatic nitrogens is 3. The minimum Gasteiger partial charge on any atom is -0.295 e. The number of rotatable bonds is 1. The zero-order valence-corrected chi connectivity index (χ0v) is 17.8. The number of benzene rings is 4. The van der Waals surface area contributed by atoms with E-state index >= 15 is 0 Å². The first kappa shape index (κ1) is 17.1. The van der Waals surface area contributed by atoms with Crippen molar-refractivity contribution in [3.8, 4) is 5.69 Å². The van der Waals surface area contributed by atoms with Gasteiger partial charge in [-0.1, -0.05) is 72.8 Å². The summed E-state index contributed by atoms with van der Waals surface area (Å²) in [6, 6.07) is 41.5. The van der Waals surface area contributed by atoms with E-state index in [1.807, 2.05) is 0 Å². The Labute approximate surface area is 189 Å². The van der Waals surface area contributed by atoms with Crippen LogP contribution in [0.5, 0.6) is 0 Å². The van der Waals surface area contributed by atoms with Crippen LogP contribution in [-0.2, 0) is 0 Å². The van der Waals surface area contributed by atoms with Crippen molar-refractivity contribution in [2.75, 3.05) is 0 Å². The lowest BCUT2D eigenvalue weighted by atomic mass is 10.2. The van der Waals surface area contributed by atoms with Crippen molar-refractivity contribution in [3.05, 3.63) is 115 Å². The normalized spacial score (nSPS) is 12.2. The van der Waals surface area contributed by atoms with Crippen LogP contribution in [0.1, 0.15) is 0 Å². The van der Waals surface area contributed by atoms with Gasteiger partial charge in [0.05, 0.1) is 22.1 Å². The topological polar surface area (TPSA) is 13.8 Å². The summed E-state index contributed by atoms with van der Waals surface area (Å²) in [4.78, 5) is 0. The van der Waals surface area contributed by atoms with E-state index in [1.54, 1.807) is 0 Å². The molecule has 0 unspecified atom stereocenters. The molecule has 0 spiro atoms. The first-order valence-corrected chi connectivity index (χ1v) is 11.3. The Hall–Kier alpha value is -4.50. The second-order valence-corrected chi connectivity index (χ2v) is 8.71. The van der Waals surface area contributed by atoms with Crippen molar-refractivity contribution >= 4 is 54.9 Å². The summed E-state index contributed by atoms with van der Waals surface area (Å²) in [7, 11) is 0. The highest BCUT2D eigenvalue weighted by atomic mass is 15.2. The molecule has 8 rings (SSSR count). The van der Waals surface area contributed by atoms with Crippen LogP contribution < -0.4 is 0 Å². The SMILES string of the molecule is c1ccc(-n2c3ccccc3c3c4cc5ccccc5n4c4cc5ccccc5n4c32)cc1. The molecule has 0 atom stereocenters. The van der Waals surface area contributed by atoms with Crippen LogP contribution >= 0.6 is 0 Å². The number of hydrogen-bond donors (Lipinski definition) is 0. The fourth-order valence-electron chi connectivity index (χ4n) is 5.64. The molecule has 3 nitrogen and oxygen atoms in total. The summed E-state index contributed by atoms with van der Waals surface area (Å²) >= 11 is 0. The molecule has 0 saturated heterocycles. The monoisotopic (exact) mass is 421 g/mol. The van der Waals surface area contributed by atoms with Gasteiger partial charge in [0.2, 0.25) is 0 Å². The van der Waals surface area contributed by atoms with Crippen LogP contribution in [-0.4, -0.2) is 13.4 Å². The average molecular weight is 422 g/mol. The Balaban J connectivity index is 1.80. The molecule has 0 radical (unpaired) electrons. The van der Waals surface area contributed by atoms with Gasteiger partial charge in [0.1, 0.15) is 11.3 Å². The zero-order valence-electron chi connectivity index (χ0n) is 17.8. The Morgan fingerprint density at radius 1 is 0.455 bits per heavy atom. The van der Waals surface area contributed by atoms with E-state index in [2.05, 4.69) is 129 Å². The Kier molecular flexibility index (Phi) is 3.14. The van der Waals surface area contributed by atoms with Crippen molar-refractivity contribution < 1.29 is 0 Å². The largest absolute Gasteiger partial charge is 0.295 e. The van der Waals surface area contributed by atoms with Gasteiger partial charge in [0, 0.05) is 27.2 Å². The fourth-order valence-corrected chi connectivity index (χ4v) is 5.64. The molecular weight excluding hydrogens is 402 g/mol. The van der Waals surface area contributed by atoms with Gasteiger partial charge < -0.3 is 0 Å². The highest BCUT2D eigenvalue weighted by molar-refractivity contribution is 6.19. The quantitative estimate of drug-likeness (QED) is 0.259. The highest BCUT2D eigenvalue weighted by Gasteiger charge is 2.21. The van der Waals surface area contributed by atoms with E-state index in [1.165, 1.54) is 60.6 Å². The van der Waals surface area contributed by atoms with Crippen LogP contribution in [0.2, 0.25) is 0 Å². The molecule has 0 fully saturated rings. The van der Waals surface area contributed by atoms with Crippen molar-refractivity contribution in [3.63, 3.8) is 0 Å². The summed E-state index contributed by atoms with van der Waals surface area (Å²) in [5.41, 5.74) is 8.47. The molecule has 33 heavy (non-hydrogen) atoms. The lowest BCUT2D eigenvalue weighted by molar-refractivity contribution is 1.09. The Morgan fingerprint density at radius 2 is 1.06 bits per heavy atom. The molecule has 4 aromatic heterocycles. The first-order valence-electron chi connectivity index (χ1n) is 11.3. The van der Waals surface area contributed by atoms with E-state index in [4.69, 9.17) is 0 Å². The van der Waals surface area contributed by atoms with Crippen molar-refractivity contribution in [1.82, 2.24) is 13.4 Å². The number of para-hydroxylation sites is 4. The minimum absolute atomic E-state index is 1.17. The minimum atomic E-state index is 1.17. The van der Waals surface area contributed by atoms with Crippen molar-refractivity contribution in [2.45, 2.75) is 0 Å². The molecule has 0 N–H and O–H groups in total. The maximum absolute atomic E-state index is 2.44. The maximum Gasteiger partial charge on any atom is 0.134 e. The average Bonchev–Trinajstić information content (AvgIpc) is 3.53. The first-order chi connectivity index (χ1) is 16.4. The highest BCUT2D eigenvalue weighted by Crippen LogP contribution is 2.39. The zero-order chi connectivity index (χ0) is 21.5. The molecule has 154 valence electrons. The van der Waals surface area contributed by atoms with Gasteiger partial charge in [0.15, 0.2) is 0 Å². The molecule has 3 heteroatoms. The van der Waals surface area contributed by atoms with Gasteiger partial charge in [-0.05, 0) is 42.5 Å². The smallest absolute Gasteiger partial charge is 0.134 e. The van der Waals surface area contributed by atoms with Crippen LogP contribution in [0.4, 0.5) is 0 Å².